The Balaban J connectivity index is 1.86. The molecule has 1 fully saturated rings. The molecule has 0 aromatic carbocycles. The molecular formula is C13H18ClNO3. The molecule has 1 aromatic rings. The number of hydrogen-bond donors (Lipinski definition) is 1. The predicted molar refractivity (Wildman–Crippen MR) is 68.7 cm³/mol. The Hall–Kier alpha value is -1.00. The van der Waals surface area contributed by atoms with Crippen LogP contribution in [0.1, 0.15) is 30.8 Å². The Morgan fingerprint density at radius 2 is 2.33 bits per heavy atom. The number of carbonyl (C=O) groups is 1. The van der Waals surface area contributed by atoms with Gasteiger partial charge in [0.1, 0.15) is 0 Å². The second-order valence-electron chi connectivity index (χ2n) is 4.94. The van der Waals surface area contributed by atoms with Gasteiger partial charge in [0, 0.05) is 19.1 Å². The molecule has 0 radical (unpaired) electrons. The molecule has 1 aliphatic rings. The molecule has 0 aliphatic carbocycles. The van der Waals surface area contributed by atoms with Crippen molar-refractivity contribution in [3.63, 3.8) is 0 Å². The maximum atomic E-state index is 11.8. The van der Waals surface area contributed by atoms with Crippen LogP contribution < -0.4 is 5.32 Å². The molecule has 0 unspecified atom stereocenters. The van der Waals surface area contributed by atoms with Gasteiger partial charge < -0.3 is 14.5 Å². The lowest BCUT2D eigenvalue weighted by Crippen LogP contribution is -2.34. The van der Waals surface area contributed by atoms with Crippen molar-refractivity contribution in [1.82, 2.24) is 5.32 Å². The van der Waals surface area contributed by atoms with Gasteiger partial charge in [-0.3, -0.25) is 4.79 Å². The lowest BCUT2D eigenvalue weighted by Gasteiger charge is -2.21. The maximum Gasteiger partial charge on any atom is 0.287 e. The van der Waals surface area contributed by atoms with Gasteiger partial charge in [0.05, 0.1) is 6.10 Å². The zero-order valence-electron chi connectivity index (χ0n) is 10.6. The molecule has 0 bridgehead atoms. The van der Waals surface area contributed by atoms with Crippen LogP contribution in [-0.4, -0.2) is 25.2 Å². The molecule has 1 aromatic heterocycles. The fraction of sp³-hybridized carbons (Fsp3) is 0.615. The van der Waals surface area contributed by atoms with E-state index >= 15 is 0 Å². The smallest absolute Gasteiger partial charge is 0.287 e. The van der Waals surface area contributed by atoms with E-state index < -0.39 is 0 Å². The van der Waals surface area contributed by atoms with E-state index in [0.717, 1.165) is 13.0 Å². The van der Waals surface area contributed by atoms with Crippen molar-refractivity contribution in [1.29, 1.82) is 0 Å². The summed E-state index contributed by atoms with van der Waals surface area (Å²) in [6, 6.07) is 3.13. The molecule has 1 saturated heterocycles. The minimum Gasteiger partial charge on any atom is -0.440 e. The van der Waals surface area contributed by atoms with E-state index in [4.69, 9.17) is 20.8 Å². The molecule has 2 atom stereocenters. The normalized spacial score (nSPS) is 23.6. The summed E-state index contributed by atoms with van der Waals surface area (Å²) in [6.07, 6.45) is 1.22. The maximum absolute atomic E-state index is 11.8. The summed E-state index contributed by atoms with van der Waals surface area (Å²) in [6.45, 7) is 5.66. The number of furan rings is 1. The molecule has 5 heteroatoms. The van der Waals surface area contributed by atoms with Crippen molar-refractivity contribution in [2.75, 3.05) is 13.2 Å². The van der Waals surface area contributed by atoms with Crippen LogP contribution in [0.3, 0.4) is 0 Å². The second kappa shape index (κ2) is 5.76. The van der Waals surface area contributed by atoms with Crippen LogP contribution in [-0.2, 0) is 4.74 Å². The monoisotopic (exact) mass is 271 g/mol. The van der Waals surface area contributed by atoms with Crippen molar-refractivity contribution in [3.8, 4) is 0 Å². The summed E-state index contributed by atoms with van der Waals surface area (Å²) >= 11 is 5.63. The number of amides is 1. The summed E-state index contributed by atoms with van der Waals surface area (Å²) < 4.78 is 10.7. The molecular weight excluding hydrogens is 254 g/mol. The number of halogens is 1. The Kier molecular flexibility index (Phi) is 4.30. The summed E-state index contributed by atoms with van der Waals surface area (Å²) in [5, 5.41) is 3.09. The molecule has 0 spiro atoms. The third kappa shape index (κ3) is 3.06. The average Bonchev–Trinajstić information content (AvgIpc) is 2.94. The third-order valence-corrected chi connectivity index (χ3v) is 3.45. The van der Waals surface area contributed by atoms with E-state index in [-0.39, 0.29) is 23.0 Å². The van der Waals surface area contributed by atoms with E-state index in [1.807, 2.05) is 0 Å². The van der Waals surface area contributed by atoms with Crippen LogP contribution in [0, 0.1) is 11.8 Å². The summed E-state index contributed by atoms with van der Waals surface area (Å²) in [5.74, 6) is 0.864. The molecule has 18 heavy (non-hydrogen) atoms. The Labute approximate surface area is 112 Å². The highest BCUT2D eigenvalue weighted by Crippen LogP contribution is 2.26. The Morgan fingerprint density at radius 3 is 2.94 bits per heavy atom. The van der Waals surface area contributed by atoms with Crippen LogP contribution in [0.5, 0.6) is 0 Å². The topological polar surface area (TPSA) is 51.5 Å². The van der Waals surface area contributed by atoms with E-state index in [2.05, 4.69) is 19.2 Å². The fourth-order valence-corrected chi connectivity index (χ4v) is 2.50. The quantitative estimate of drug-likeness (QED) is 0.916. The zero-order chi connectivity index (χ0) is 13.1. The molecule has 1 amide bonds. The SMILES string of the molecule is CC(C)[C@H]1OCC[C@@H]1CNC(=O)c1ccc(Cl)o1. The summed E-state index contributed by atoms with van der Waals surface area (Å²) in [7, 11) is 0. The van der Waals surface area contributed by atoms with Gasteiger partial charge in [-0.2, -0.15) is 0 Å². The van der Waals surface area contributed by atoms with Crippen molar-refractivity contribution in [2.45, 2.75) is 26.4 Å². The first kappa shape index (κ1) is 13.4. The molecule has 0 saturated carbocycles. The van der Waals surface area contributed by atoms with Crippen LogP contribution >= 0.6 is 11.6 Å². The number of carbonyl (C=O) groups excluding carboxylic acids is 1. The number of ether oxygens (including phenoxy) is 1. The van der Waals surface area contributed by atoms with Gasteiger partial charge in [-0.25, -0.2) is 0 Å². The molecule has 2 heterocycles. The lowest BCUT2D eigenvalue weighted by molar-refractivity contribution is 0.0531. The van der Waals surface area contributed by atoms with Crippen molar-refractivity contribution >= 4 is 17.5 Å². The highest BCUT2D eigenvalue weighted by molar-refractivity contribution is 6.29. The van der Waals surface area contributed by atoms with E-state index in [1.165, 1.54) is 0 Å². The number of hydrogen-bond acceptors (Lipinski definition) is 3. The van der Waals surface area contributed by atoms with Gasteiger partial charge in [-0.05, 0) is 36.1 Å². The van der Waals surface area contributed by atoms with Crippen LogP contribution in [0.2, 0.25) is 5.22 Å². The van der Waals surface area contributed by atoms with Gasteiger partial charge in [-0.1, -0.05) is 13.8 Å². The Morgan fingerprint density at radius 1 is 1.56 bits per heavy atom. The minimum absolute atomic E-state index is 0.226. The zero-order valence-corrected chi connectivity index (χ0v) is 11.4. The Bertz CT molecular complexity index is 416. The van der Waals surface area contributed by atoms with Crippen molar-refractivity contribution in [2.24, 2.45) is 11.8 Å². The highest BCUT2D eigenvalue weighted by Gasteiger charge is 2.30. The van der Waals surface area contributed by atoms with Crippen molar-refractivity contribution < 1.29 is 13.9 Å². The van der Waals surface area contributed by atoms with E-state index in [9.17, 15) is 4.79 Å². The first-order chi connectivity index (χ1) is 8.58. The van der Waals surface area contributed by atoms with Crippen LogP contribution in [0.15, 0.2) is 16.5 Å². The number of nitrogens with one attached hydrogen (secondary N) is 1. The van der Waals surface area contributed by atoms with Crippen molar-refractivity contribution in [3.05, 3.63) is 23.1 Å². The standard InChI is InChI=1S/C13H18ClNO3/c1-8(2)12-9(5-6-17-12)7-15-13(16)10-3-4-11(14)18-10/h3-4,8-9,12H,5-7H2,1-2H3,(H,15,16)/t9-,12-/m1/s1. The molecule has 4 nitrogen and oxygen atoms in total. The molecule has 100 valence electrons. The van der Waals surface area contributed by atoms with Gasteiger partial charge in [0.15, 0.2) is 11.0 Å². The molecule has 2 rings (SSSR count). The second-order valence-corrected chi connectivity index (χ2v) is 5.31. The third-order valence-electron chi connectivity index (χ3n) is 3.24. The predicted octanol–water partition coefficient (Wildman–Crippen LogP) is 2.72. The first-order valence-electron chi connectivity index (χ1n) is 6.23. The van der Waals surface area contributed by atoms with E-state index in [0.29, 0.717) is 18.4 Å². The van der Waals surface area contributed by atoms with Gasteiger partial charge in [0.2, 0.25) is 0 Å². The summed E-state index contributed by atoms with van der Waals surface area (Å²) in [5.41, 5.74) is 0. The first-order valence-corrected chi connectivity index (χ1v) is 6.61. The average molecular weight is 272 g/mol. The van der Waals surface area contributed by atoms with Crippen LogP contribution in [0.4, 0.5) is 0 Å². The largest absolute Gasteiger partial charge is 0.440 e. The van der Waals surface area contributed by atoms with Gasteiger partial charge in [-0.15, -0.1) is 0 Å². The summed E-state index contributed by atoms with van der Waals surface area (Å²) in [4.78, 5) is 11.8. The minimum atomic E-state index is -0.226. The lowest BCUT2D eigenvalue weighted by atomic mass is 9.93. The molecule has 1 N–H and O–H groups in total. The number of rotatable bonds is 4. The van der Waals surface area contributed by atoms with E-state index in [1.54, 1.807) is 12.1 Å². The fourth-order valence-electron chi connectivity index (χ4n) is 2.36. The molecule has 1 aliphatic heterocycles. The van der Waals surface area contributed by atoms with Gasteiger partial charge >= 0.3 is 0 Å². The van der Waals surface area contributed by atoms with Crippen LogP contribution in [0.25, 0.3) is 0 Å². The highest BCUT2D eigenvalue weighted by atomic mass is 35.5. The van der Waals surface area contributed by atoms with Gasteiger partial charge in [0.25, 0.3) is 5.91 Å².